The maximum Gasteiger partial charge on any atom is 0.308 e. The number of carbonyl (C=O) groups is 2. The molecule has 5 heteroatoms. The maximum absolute atomic E-state index is 12.1. The van der Waals surface area contributed by atoms with Crippen LogP contribution >= 0.6 is 11.6 Å². The number of amides is 1. The van der Waals surface area contributed by atoms with Crippen molar-refractivity contribution in [2.45, 2.75) is 13.8 Å². The Morgan fingerprint density at radius 2 is 1.76 bits per heavy atom. The van der Waals surface area contributed by atoms with Crippen LogP contribution in [0.25, 0.3) is 0 Å². The molecule has 2 aromatic carbocycles. The lowest BCUT2D eigenvalue weighted by atomic mass is 10.2. The summed E-state index contributed by atoms with van der Waals surface area (Å²) in [5.74, 6) is -0.261. The zero-order valence-electron chi connectivity index (χ0n) is 11.6. The van der Waals surface area contributed by atoms with E-state index in [1.165, 1.54) is 6.92 Å². The quantitative estimate of drug-likeness (QED) is 0.692. The highest BCUT2D eigenvalue weighted by molar-refractivity contribution is 6.31. The van der Waals surface area contributed by atoms with Gasteiger partial charge in [0, 0.05) is 23.2 Å². The van der Waals surface area contributed by atoms with Crippen LogP contribution in [0.4, 0.5) is 5.69 Å². The van der Waals surface area contributed by atoms with Gasteiger partial charge < -0.3 is 10.1 Å². The minimum atomic E-state index is -0.401. The van der Waals surface area contributed by atoms with Crippen LogP contribution in [0.15, 0.2) is 42.5 Å². The van der Waals surface area contributed by atoms with Gasteiger partial charge in [0.15, 0.2) is 0 Å². The molecule has 0 bridgehead atoms. The molecule has 2 aromatic rings. The largest absolute Gasteiger partial charge is 0.427 e. The molecule has 0 fully saturated rings. The van der Waals surface area contributed by atoms with Crippen LogP contribution in [0.1, 0.15) is 22.8 Å². The number of hydrogen-bond donors (Lipinski definition) is 1. The summed E-state index contributed by atoms with van der Waals surface area (Å²) in [6, 6.07) is 11.6. The molecule has 0 saturated carbocycles. The molecule has 0 spiro atoms. The Morgan fingerprint density at radius 1 is 1.10 bits per heavy atom. The first-order valence-electron chi connectivity index (χ1n) is 6.31. The van der Waals surface area contributed by atoms with Gasteiger partial charge >= 0.3 is 5.97 Å². The molecule has 0 atom stereocenters. The molecular formula is C16H14ClNO3. The van der Waals surface area contributed by atoms with E-state index in [1.54, 1.807) is 36.4 Å². The molecule has 0 aromatic heterocycles. The van der Waals surface area contributed by atoms with Crippen LogP contribution in [0.5, 0.6) is 5.75 Å². The number of aryl methyl sites for hydroxylation is 1. The van der Waals surface area contributed by atoms with Gasteiger partial charge in [-0.1, -0.05) is 17.7 Å². The summed E-state index contributed by atoms with van der Waals surface area (Å²) in [6.45, 7) is 3.21. The topological polar surface area (TPSA) is 55.4 Å². The Bertz CT molecular complexity index is 680. The van der Waals surface area contributed by atoms with Crippen molar-refractivity contribution in [3.05, 3.63) is 58.6 Å². The number of benzene rings is 2. The van der Waals surface area contributed by atoms with Gasteiger partial charge in [-0.3, -0.25) is 9.59 Å². The minimum Gasteiger partial charge on any atom is -0.427 e. The van der Waals surface area contributed by atoms with Crippen molar-refractivity contribution in [2.24, 2.45) is 0 Å². The summed E-state index contributed by atoms with van der Waals surface area (Å²) in [7, 11) is 0. The van der Waals surface area contributed by atoms with Crippen molar-refractivity contribution in [3.63, 3.8) is 0 Å². The fraction of sp³-hybridized carbons (Fsp3) is 0.125. The number of ether oxygens (including phenoxy) is 1. The maximum atomic E-state index is 12.1. The summed E-state index contributed by atoms with van der Waals surface area (Å²) in [5, 5.41) is 3.35. The molecule has 0 aliphatic rings. The second kappa shape index (κ2) is 6.41. The summed E-state index contributed by atoms with van der Waals surface area (Å²) in [6.07, 6.45) is 0. The third-order valence-electron chi connectivity index (χ3n) is 2.81. The number of nitrogens with one attached hydrogen (secondary N) is 1. The first-order valence-corrected chi connectivity index (χ1v) is 6.69. The number of halogens is 1. The van der Waals surface area contributed by atoms with E-state index in [0.29, 0.717) is 22.0 Å². The monoisotopic (exact) mass is 303 g/mol. The van der Waals surface area contributed by atoms with E-state index in [0.717, 1.165) is 5.56 Å². The fourth-order valence-electron chi connectivity index (χ4n) is 1.71. The molecule has 0 unspecified atom stereocenters. The van der Waals surface area contributed by atoms with Crippen LogP contribution in [0.3, 0.4) is 0 Å². The molecule has 1 amide bonds. The van der Waals surface area contributed by atoms with Gasteiger partial charge in [-0.25, -0.2) is 0 Å². The van der Waals surface area contributed by atoms with Crippen molar-refractivity contribution in [1.29, 1.82) is 0 Å². The highest BCUT2D eigenvalue weighted by Gasteiger charge is 2.08. The number of esters is 1. The van der Waals surface area contributed by atoms with Crippen molar-refractivity contribution in [3.8, 4) is 5.75 Å². The van der Waals surface area contributed by atoms with Gasteiger partial charge in [-0.15, -0.1) is 0 Å². The van der Waals surface area contributed by atoms with E-state index in [-0.39, 0.29) is 5.91 Å². The third-order valence-corrected chi connectivity index (χ3v) is 3.21. The molecule has 0 aliphatic heterocycles. The Balaban J connectivity index is 2.09. The minimum absolute atomic E-state index is 0.260. The second-order valence-electron chi connectivity index (χ2n) is 4.54. The van der Waals surface area contributed by atoms with E-state index in [2.05, 4.69) is 5.32 Å². The Morgan fingerprint density at radius 3 is 2.33 bits per heavy atom. The third kappa shape index (κ3) is 4.07. The van der Waals surface area contributed by atoms with Gasteiger partial charge in [-0.05, 0) is 48.9 Å². The molecule has 0 heterocycles. The second-order valence-corrected chi connectivity index (χ2v) is 4.94. The molecule has 0 aliphatic carbocycles. The van der Waals surface area contributed by atoms with Gasteiger partial charge in [0.05, 0.1) is 0 Å². The normalized spacial score (nSPS) is 10.0. The van der Waals surface area contributed by atoms with Crippen LogP contribution in [0.2, 0.25) is 5.02 Å². The number of anilines is 1. The number of carbonyl (C=O) groups excluding carboxylic acids is 2. The molecule has 0 radical (unpaired) electrons. The van der Waals surface area contributed by atoms with Gasteiger partial charge in [0.1, 0.15) is 5.75 Å². The van der Waals surface area contributed by atoms with E-state index >= 15 is 0 Å². The average molecular weight is 304 g/mol. The summed E-state index contributed by atoms with van der Waals surface area (Å²) < 4.78 is 4.91. The lowest BCUT2D eigenvalue weighted by Crippen LogP contribution is -2.12. The van der Waals surface area contributed by atoms with Crippen LogP contribution in [0, 0.1) is 6.92 Å². The van der Waals surface area contributed by atoms with Crippen LogP contribution in [-0.2, 0) is 4.79 Å². The van der Waals surface area contributed by atoms with Gasteiger partial charge in [0.2, 0.25) is 0 Å². The summed E-state index contributed by atoms with van der Waals surface area (Å²) in [4.78, 5) is 22.9. The number of rotatable bonds is 3. The molecule has 21 heavy (non-hydrogen) atoms. The van der Waals surface area contributed by atoms with Gasteiger partial charge in [-0.2, -0.15) is 0 Å². The van der Waals surface area contributed by atoms with Crippen molar-refractivity contribution >= 4 is 29.2 Å². The van der Waals surface area contributed by atoms with E-state index in [9.17, 15) is 9.59 Å². The first-order chi connectivity index (χ1) is 9.95. The van der Waals surface area contributed by atoms with Crippen molar-refractivity contribution in [2.75, 3.05) is 5.32 Å². The van der Waals surface area contributed by atoms with Crippen LogP contribution < -0.4 is 10.1 Å². The molecule has 4 nitrogen and oxygen atoms in total. The van der Waals surface area contributed by atoms with Gasteiger partial charge in [0.25, 0.3) is 5.91 Å². The molecule has 0 saturated heterocycles. The van der Waals surface area contributed by atoms with Crippen LogP contribution in [-0.4, -0.2) is 11.9 Å². The zero-order chi connectivity index (χ0) is 15.4. The predicted octanol–water partition coefficient (Wildman–Crippen LogP) is 3.83. The van der Waals surface area contributed by atoms with E-state index in [1.807, 2.05) is 13.0 Å². The Labute approximate surface area is 127 Å². The average Bonchev–Trinajstić information content (AvgIpc) is 2.43. The Kier molecular flexibility index (Phi) is 4.60. The fourth-order valence-corrected chi connectivity index (χ4v) is 1.89. The SMILES string of the molecule is CC(=O)Oc1ccc(C(=O)Nc2ccc(C)c(Cl)c2)cc1. The van der Waals surface area contributed by atoms with E-state index < -0.39 is 5.97 Å². The standard InChI is InChI=1S/C16H14ClNO3/c1-10-3-6-13(9-15(10)17)18-16(20)12-4-7-14(8-5-12)21-11(2)19/h3-9H,1-2H3,(H,18,20). The zero-order valence-corrected chi connectivity index (χ0v) is 12.4. The molecule has 2 rings (SSSR count). The lowest BCUT2D eigenvalue weighted by molar-refractivity contribution is -0.131. The summed E-state index contributed by atoms with van der Waals surface area (Å²) in [5.41, 5.74) is 2.03. The van der Waals surface area contributed by atoms with Crippen molar-refractivity contribution in [1.82, 2.24) is 0 Å². The summed E-state index contributed by atoms with van der Waals surface area (Å²) >= 11 is 6.01. The highest BCUT2D eigenvalue weighted by Crippen LogP contribution is 2.21. The smallest absolute Gasteiger partial charge is 0.308 e. The first kappa shape index (κ1) is 15.1. The molecule has 108 valence electrons. The molecular weight excluding hydrogens is 290 g/mol. The van der Waals surface area contributed by atoms with E-state index in [4.69, 9.17) is 16.3 Å². The highest BCUT2D eigenvalue weighted by atomic mass is 35.5. The number of hydrogen-bond acceptors (Lipinski definition) is 3. The predicted molar refractivity (Wildman–Crippen MR) is 81.9 cm³/mol. The lowest BCUT2D eigenvalue weighted by Gasteiger charge is -2.07. The van der Waals surface area contributed by atoms with Crippen molar-refractivity contribution < 1.29 is 14.3 Å². The Hall–Kier alpha value is -2.33. The molecule has 1 N–H and O–H groups in total.